The van der Waals surface area contributed by atoms with Gasteiger partial charge < -0.3 is 5.11 Å². The molecule has 1 atom stereocenters. The standard InChI is InChI=1S/C14H20O/c1-11(14(2,3)4)10-13(15)12-8-6-5-7-9-12/h5-9,13,15H,1,10H2,2-4H3/t13-/m0/s1. The van der Waals surface area contributed by atoms with Crippen molar-refractivity contribution in [3.8, 4) is 0 Å². The Morgan fingerprint density at radius 1 is 1.27 bits per heavy atom. The first kappa shape index (κ1) is 12.0. The normalized spacial score (nSPS) is 13.6. The third-order valence-electron chi connectivity index (χ3n) is 2.68. The summed E-state index contributed by atoms with van der Waals surface area (Å²) in [6, 6.07) is 9.73. The fourth-order valence-electron chi connectivity index (χ4n) is 1.33. The van der Waals surface area contributed by atoms with E-state index in [9.17, 15) is 5.11 Å². The van der Waals surface area contributed by atoms with Gasteiger partial charge in [-0.25, -0.2) is 0 Å². The second-order valence-corrected chi connectivity index (χ2v) is 4.98. The van der Waals surface area contributed by atoms with Crippen LogP contribution in [0, 0.1) is 5.41 Å². The largest absolute Gasteiger partial charge is 0.388 e. The summed E-state index contributed by atoms with van der Waals surface area (Å²) < 4.78 is 0. The molecule has 0 unspecified atom stereocenters. The quantitative estimate of drug-likeness (QED) is 0.744. The van der Waals surface area contributed by atoms with Crippen LogP contribution in [0.2, 0.25) is 0 Å². The highest BCUT2D eigenvalue weighted by Crippen LogP contribution is 2.31. The van der Waals surface area contributed by atoms with Crippen LogP contribution >= 0.6 is 0 Å². The van der Waals surface area contributed by atoms with E-state index < -0.39 is 6.10 Å². The van der Waals surface area contributed by atoms with Crippen molar-refractivity contribution in [2.75, 3.05) is 0 Å². The van der Waals surface area contributed by atoms with E-state index in [0.29, 0.717) is 6.42 Å². The van der Waals surface area contributed by atoms with Crippen LogP contribution in [0.25, 0.3) is 0 Å². The second-order valence-electron chi connectivity index (χ2n) is 4.98. The minimum Gasteiger partial charge on any atom is -0.388 e. The molecule has 1 nitrogen and oxygen atoms in total. The summed E-state index contributed by atoms with van der Waals surface area (Å²) >= 11 is 0. The van der Waals surface area contributed by atoms with Gasteiger partial charge in [0.2, 0.25) is 0 Å². The van der Waals surface area contributed by atoms with Crippen LogP contribution in [0.5, 0.6) is 0 Å². The van der Waals surface area contributed by atoms with Crippen LogP contribution in [-0.4, -0.2) is 5.11 Å². The molecule has 1 aromatic carbocycles. The fourth-order valence-corrected chi connectivity index (χ4v) is 1.33. The average Bonchev–Trinajstić information content (AvgIpc) is 2.17. The van der Waals surface area contributed by atoms with E-state index >= 15 is 0 Å². The molecule has 15 heavy (non-hydrogen) atoms. The summed E-state index contributed by atoms with van der Waals surface area (Å²) in [6.45, 7) is 10.4. The second kappa shape index (κ2) is 4.63. The van der Waals surface area contributed by atoms with Crippen LogP contribution < -0.4 is 0 Å². The van der Waals surface area contributed by atoms with E-state index in [4.69, 9.17) is 0 Å². The maximum atomic E-state index is 9.99. The number of aliphatic hydroxyl groups excluding tert-OH is 1. The monoisotopic (exact) mass is 204 g/mol. The van der Waals surface area contributed by atoms with Crippen molar-refractivity contribution in [3.63, 3.8) is 0 Å². The molecular weight excluding hydrogens is 184 g/mol. The van der Waals surface area contributed by atoms with Gasteiger partial charge in [0.1, 0.15) is 0 Å². The Hall–Kier alpha value is -1.08. The summed E-state index contributed by atoms with van der Waals surface area (Å²) in [4.78, 5) is 0. The fraction of sp³-hybridized carbons (Fsp3) is 0.429. The molecule has 0 aliphatic heterocycles. The van der Waals surface area contributed by atoms with Crippen molar-refractivity contribution in [1.29, 1.82) is 0 Å². The molecule has 0 saturated carbocycles. The smallest absolute Gasteiger partial charge is 0.0827 e. The zero-order valence-electron chi connectivity index (χ0n) is 9.83. The molecule has 0 heterocycles. The first-order valence-corrected chi connectivity index (χ1v) is 5.32. The SMILES string of the molecule is C=C(C[C@H](O)c1ccccc1)C(C)(C)C. The van der Waals surface area contributed by atoms with Crippen molar-refractivity contribution in [2.45, 2.75) is 33.3 Å². The zero-order chi connectivity index (χ0) is 11.5. The van der Waals surface area contributed by atoms with Gasteiger partial charge in [-0.05, 0) is 17.4 Å². The number of benzene rings is 1. The van der Waals surface area contributed by atoms with Crippen molar-refractivity contribution in [3.05, 3.63) is 48.0 Å². The molecular formula is C14H20O. The summed E-state index contributed by atoms with van der Waals surface area (Å²) in [7, 11) is 0. The maximum Gasteiger partial charge on any atom is 0.0827 e. The summed E-state index contributed by atoms with van der Waals surface area (Å²) in [5, 5.41) is 9.99. The lowest BCUT2D eigenvalue weighted by Gasteiger charge is -2.24. The summed E-state index contributed by atoms with van der Waals surface area (Å²) in [5.41, 5.74) is 2.11. The molecule has 0 radical (unpaired) electrons. The Morgan fingerprint density at radius 3 is 2.27 bits per heavy atom. The molecule has 1 rings (SSSR count). The van der Waals surface area contributed by atoms with E-state index in [1.54, 1.807) is 0 Å². The first-order valence-electron chi connectivity index (χ1n) is 5.32. The van der Waals surface area contributed by atoms with Gasteiger partial charge in [-0.3, -0.25) is 0 Å². The Labute approximate surface area is 92.5 Å². The van der Waals surface area contributed by atoms with Crippen molar-refractivity contribution >= 4 is 0 Å². The molecule has 82 valence electrons. The van der Waals surface area contributed by atoms with Crippen LogP contribution in [0.1, 0.15) is 38.9 Å². The van der Waals surface area contributed by atoms with Crippen LogP contribution in [0.3, 0.4) is 0 Å². The van der Waals surface area contributed by atoms with Gasteiger partial charge in [-0.1, -0.05) is 63.3 Å². The molecule has 0 amide bonds. The molecule has 1 aromatic rings. The van der Waals surface area contributed by atoms with E-state index in [-0.39, 0.29) is 5.41 Å². The molecule has 0 aromatic heterocycles. The van der Waals surface area contributed by atoms with E-state index in [1.165, 1.54) is 0 Å². The van der Waals surface area contributed by atoms with Gasteiger partial charge in [0.15, 0.2) is 0 Å². The number of hydrogen-bond acceptors (Lipinski definition) is 1. The third kappa shape index (κ3) is 3.52. The van der Waals surface area contributed by atoms with Gasteiger partial charge in [0, 0.05) is 0 Å². The Bertz CT molecular complexity index is 319. The van der Waals surface area contributed by atoms with Crippen molar-refractivity contribution < 1.29 is 5.11 Å². The third-order valence-corrected chi connectivity index (χ3v) is 2.68. The van der Waals surface area contributed by atoms with Crippen LogP contribution in [0.4, 0.5) is 0 Å². The van der Waals surface area contributed by atoms with E-state index in [2.05, 4.69) is 27.4 Å². The number of aliphatic hydroxyl groups is 1. The van der Waals surface area contributed by atoms with Gasteiger partial charge in [0.05, 0.1) is 6.10 Å². The first-order chi connectivity index (χ1) is 6.91. The van der Waals surface area contributed by atoms with Crippen LogP contribution in [-0.2, 0) is 0 Å². The predicted octanol–water partition coefficient (Wildman–Crippen LogP) is 3.71. The lowest BCUT2D eigenvalue weighted by molar-refractivity contribution is 0.171. The van der Waals surface area contributed by atoms with Gasteiger partial charge in [-0.15, -0.1) is 0 Å². The molecule has 0 aliphatic rings. The average molecular weight is 204 g/mol. The molecule has 0 spiro atoms. The van der Waals surface area contributed by atoms with Gasteiger partial charge in [0.25, 0.3) is 0 Å². The lowest BCUT2D eigenvalue weighted by Crippen LogP contribution is -2.11. The Kier molecular flexibility index (Phi) is 3.70. The van der Waals surface area contributed by atoms with Crippen molar-refractivity contribution in [1.82, 2.24) is 0 Å². The van der Waals surface area contributed by atoms with E-state index in [1.807, 2.05) is 30.3 Å². The maximum absolute atomic E-state index is 9.99. The Morgan fingerprint density at radius 2 is 1.80 bits per heavy atom. The minimum absolute atomic E-state index is 0.0652. The summed E-state index contributed by atoms with van der Waals surface area (Å²) in [6.07, 6.45) is 0.200. The lowest BCUT2D eigenvalue weighted by atomic mass is 9.83. The van der Waals surface area contributed by atoms with Crippen LogP contribution in [0.15, 0.2) is 42.5 Å². The zero-order valence-corrected chi connectivity index (χ0v) is 9.83. The molecule has 0 bridgehead atoms. The molecule has 0 fully saturated rings. The topological polar surface area (TPSA) is 20.2 Å². The molecule has 1 N–H and O–H groups in total. The number of rotatable bonds is 3. The van der Waals surface area contributed by atoms with Gasteiger partial charge >= 0.3 is 0 Å². The number of hydrogen-bond donors (Lipinski definition) is 1. The minimum atomic E-state index is -0.432. The highest BCUT2D eigenvalue weighted by molar-refractivity contribution is 5.20. The summed E-state index contributed by atoms with van der Waals surface area (Å²) in [5.74, 6) is 0. The molecule has 0 saturated heterocycles. The highest BCUT2D eigenvalue weighted by atomic mass is 16.3. The highest BCUT2D eigenvalue weighted by Gasteiger charge is 2.18. The van der Waals surface area contributed by atoms with Gasteiger partial charge in [-0.2, -0.15) is 0 Å². The van der Waals surface area contributed by atoms with Crippen molar-refractivity contribution in [2.24, 2.45) is 5.41 Å². The molecule has 1 heteroatoms. The Balaban J connectivity index is 2.65. The predicted molar refractivity (Wildman–Crippen MR) is 64.6 cm³/mol. The van der Waals surface area contributed by atoms with E-state index in [0.717, 1.165) is 11.1 Å². The molecule has 0 aliphatic carbocycles.